The highest BCUT2D eigenvalue weighted by Gasteiger charge is 2.46. The highest BCUT2D eigenvalue weighted by molar-refractivity contribution is 6.30. The van der Waals surface area contributed by atoms with E-state index in [4.69, 9.17) is 16.3 Å². The summed E-state index contributed by atoms with van der Waals surface area (Å²) in [4.78, 5) is 14.1. The van der Waals surface area contributed by atoms with E-state index in [1.807, 2.05) is 19.9 Å². The van der Waals surface area contributed by atoms with Gasteiger partial charge in [0, 0.05) is 10.6 Å². The number of ether oxygens (including phenoxy) is 1. The number of nitrogens with zero attached hydrogens (tertiary/aromatic N) is 1. The van der Waals surface area contributed by atoms with E-state index in [-0.39, 0.29) is 18.4 Å². The maximum atomic E-state index is 12.4. The Bertz CT molecular complexity index is 618. The molecule has 4 nitrogen and oxygen atoms in total. The number of fused-ring (bicyclic) bond motifs is 1. The van der Waals surface area contributed by atoms with Crippen molar-refractivity contribution in [2.24, 2.45) is 5.92 Å². The van der Waals surface area contributed by atoms with Gasteiger partial charge in [-0.1, -0.05) is 25.4 Å². The van der Waals surface area contributed by atoms with Crippen LogP contribution in [0.5, 0.6) is 5.75 Å². The normalized spacial score (nSPS) is 19.5. The van der Waals surface area contributed by atoms with Crippen molar-refractivity contribution in [1.29, 1.82) is 0 Å². The molecule has 21 heavy (non-hydrogen) atoms. The zero-order valence-corrected chi connectivity index (χ0v) is 12.9. The molecule has 0 saturated carbocycles. The molecule has 0 aromatic heterocycles. The molecule has 1 amide bonds. The summed E-state index contributed by atoms with van der Waals surface area (Å²) in [5, 5.41) is 10.8. The maximum Gasteiger partial charge on any atom is 0.253 e. The Hall–Kier alpha value is -1.52. The van der Waals surface area contributed by atoms with Crippen molar-refractivity contribution in [2.75, 3.05) is 19.7 Å². The van der Waals surface area contributed by atoms with Crippen molar-refractivity contribution < 1.29 is 14.6 Å². The summed E-state index contributed by atoms with van der Waals surface area (Å²) in [7, 11) is 0. The van der Waals surface area contributed by atoms with Gasteiger partial charge >= 0.3 is 0 Å². The van der Waals surface area contributed by atoms with Gasteiger partial charge < -0.3 is 14.7 Å². The quantitative estimate of drug-likeness (QED) is 0.912. The molecule has 112 valence electrons. The first-order valence-corrected chi connectivity index (χ1v) is 7.41. The largest absolute Gasteiger partial charge is 0.488 e. The lowest BCUT2D eigenvalue weighted by Crippen LogP contribution is -2.66. The first kappa shape index (κ1) is 14.4. The number of β-amino-alcohol motifs (C(OH)–C–C–N with tert-alkyl or cyclic N) is 1. The van der Waals surface area contributed by atoms with E-state index in [0.29, 0.717) is 23.7 Å². The summed E-state index contributed by atoms with van der Waals surface area (Å²) in [5.41, 5.74) is 0.653. The van der Waals surface area contributed by atoms with Crippen LogP contribution in [0.15, 0.2) is 23.8 Å². The molecule has 1 aromatic carbocycles. The molecule has 2 aliphatic rings. The Morgan fingerprint density at radius 2 is 2.14 bits per heavy atom. The third-order valence-corrected chi connectivity index (χ3v) is 4.49. The minimum atomic E-state index is -0.757. The van der Waals surface area contributed by atoms with Gasteiger partial charge in [-0.05, 0) is 30.2 Å². The molecule has 1 saturated heterocycles. The van der Waals surface area contributed by atoms with Gasteiger partial charge in [0.05, 0.1) is 18.7 Å². The van der Waals surface area contributed by atoms with Gasteiger partial charge in [0.1, 0.15) is 18.0 Å². The summed E-state index contributed by atoms with van der Waals surface area (Å²) >= 11 is 5.96. The van der Waals surface area contributed by atoms with Gasteiger partial charge in [-0.15, -0.1) is 0 Å². The van der Waals surface area contributed by atoms with Crippen LogP contribution in [0.3, 0.4) is 0 Å². The average molecular weight is 308 g/mol. The van der Waals surface area contributed by atoms with Crippen molar-refractivity contribution in [1.82, 2.24) is 4.90 Å². The second kappa shape index (κ2) is 5.04. The van der Waals surface area contributed by atoms with Crippen LogP contribution in [-0.4, -0.2) is 41.2 Å². The molecular formula is C16H18ClNO3. The summed E-state index contributed by atoms with van der Waals surface area (Å²) in [6.45, 7) is 4.93. The number of hydrogen-bond donors (Lipinski definition) is 1. The standard InChI is InChI=1S/C16H18ClNO3/c1-10(2)16(20)8-18(9-16)15(19)12-5-11-6-13(17)3-4-14(11)21-7-12/h3-6,10,20H,7-9H2,1-2H3. The van der Waals surface area contributed by atoms with Gasteiger partial charge in [-0.25, -0.2) is 0 Å². The maximum absolute atomic E-state index is 12.4. The van der Waals surface area contributed by atoms with Crippen molar-refractivity contribution in [3.63, 3.8) is 0 Å². The number of carbonyl (C=O) groups excluding carboxylic acids is 1. The average Bonchev–Trinajstić information content (AvgIpc) is 2.42. The predicted molar refractivity (Wildman–Crippen MR) is 81.3 cm³/mol. The van der Waals surface area contributed by atoms with Crippen molar-refractivity contribution in [3.8, 4) is 5.75 Å². The molecule has 0 atom stereocenters. The minimum Gasteiger partial charge on any atom is -0.488 e. The van der Waals surface area contributed by atoms with Crippen LogP contribution >= 0.6 is 11.6 Å². The van der Waals surface area contributed by atoms with Crippen LogP contribution < -0.4 is 4.74 Å². The van der Waals surface area contributed by atoms with E-state index >= 15 is 0 Å². The molecule has 1 fully saturated rings. The monoisotopic (exact) mass is 307 g/mol. The van der Waals surface area contributed by atoms with Crippen LogP contribution in [0.4, 0.5) is 0 Å². The number of carbonyl (C=O) groups is 1. The van der Waals surface area contributed by atoms with Gasteiger partial charge in [0.2, 0.25) is 0 Å². The molecule has 1 aromatic rings. The van der Waals surface area contributed by atoms with Crippen LogP contribution in [0.25, 0.3) is 6.08 Å². The topological polar surface area (TPSA) is 49.8 Å². The van der Waals surface area contributed by atoms with Crippen molar-refractivity contribution in [2.45, 2.75) is 19.4 Å². The van der Waals surface area contributed by atoms with Crippen LogP contribution in [-0.2, 0) is 4.79 Å². The van der Waals surface area contributed by atoms with E-state index in [9.17, 15) is 9.90 Å². The van der Waals surface area contributed by atoms with Crippen LogP contribution in [0.2, 0.25) is 5.02 Å². The van der Waals surface area contributed by atoms with Crippen molar-refractivity contribution in [3.05, 3.63) is 34.4 Å². The Morgan fingerprint density at radius 1 is 1.43 bits per heavy atom. The lowest BCUT2D eigenvalue weighted by Gasteiger charge is -2.49. The van der Waals surface area contributed by atoms with Gasteiger partial charge in [-0.3, -0.25) is 4.79 Å². The zero-order valence-electron chi connectivity index (χ0n) is 12.1. The van der Waals surface area contributed by atoms with Crippen LogP contribution in [0, 0.1) is 5.92 Å². The zero-order chi connectivity index (χ0) is 15.2. The molecular weight excluding hydrogens is 290 g/mol. The third kappa shape index (κ3) is 2.54. The van der Waals surface area contributed by atoms with E-state index in [1.54, 1.807) is 23.1 Å². The number of rotatable bonds is 2. The highest BCUT2D eigenvalue weighted by Crippen LogP contribution is 2.33. The summed E-state index contributed by atoms with van der Waals surface area (Å²) in [6.07, 6.45) is 1.82. The lowest BCUT2D eigenvalue weighted by molar-refractivity contribution is -0.160. The molecule has 3 rings (SSSR count). The number of benzene rings is 1. The number of likely N-dealkylation sites (tertiary alicyclic amines) is 1. The van der Waals surface area contributed by atoms with Gasteiger partial charge in [0.25, 0.3) is 5.91 Å². The van der Waals surface area contributed by atoms with E-state index < -0.39 is 5.60 Å². The number of aliphatic hydroxyl groups is 1. The molecule has 2 aliphatic heterocycles. The Labute approximate surface area is 129 Å². The second-order valence-corrected chi connectivity index (χ2v) is 6.50. The van der Waals surface area contributed by atoms with Gasteiger partial charge in [0.15, 0.2) is 0 Å². The van der Waals surface area contributed by atoms with E-state index in [0.717, 1.165) is 11.3 Å². The molecule has 0 radical (unpaired) electrons. The van der Waals surface area contributed by atoms with Crippen LogP contribution in [0.1, 0.15) is 19.4 Å². The van der Waals surface area contributed by atoms with E-state index in [1.165, 1.54) is 0 Å². The Balaban J connectivity index is 1.76. The van der Waals surface area contributed by atoms with Gasteiger partial charge in [-0.2, -0.15) is 0 Å². The predicted octanol–water partition coefficient (Wildman–Crippen LogP) is 2.35. The molecule has 0 bridgehead atoms. The third-order valence-electron chi connectivity index (χ3n) is 4.25. The molecule has 2 heterocycles. The summed E-state index contributed by atoms with van der Waals surface area (Å²) in [6, 6.07) is 5.35. The summed E-state index contributed by atoms with van der Waals surface area (Å²) < 4.78 is 5.59. The number of amides is 1. The fraction of sp³-hybridized carbons (Fsp3) is 0.438. The second-order valence-electron chi connectivity index (χ2n) is 6.06. The fourth-order valence-corrected chi connectivity index (χ4v) is 2.78. The molecule has 0 spiro atoms. The highest BCUT2D eigenvalue weighted by atomic mass is 35.5. The number of halogens is 1. The first-order chi connectivity index (χ1) is 9.89. The SMILES string of the molecule is CC(C)C1(O)CN(C(=O)C2=Cc3cc(Cl)ccc3OC2)C1. The molecule has 0 aliphatic carbocycles. The smallest absolute Gasteiger partial charge is 0.253 e. The van der Waals surface area contributed by atoms with E-state index in [2.05, 4.69) is 0 Å². The van der Waals surface area contributed by atoms with Crippen molar-refractivity contribution >= 4 is 23.6 Å². The fourth-order valence-electron chi connectivity index (χ4n) is 2.60. The molecule has 5 heteroatoms. The minimum absolute atomic E-state index is 0.0778. The Kier molecular flexibility index (Phi) is 3.46. The molecule has 1 N–H and O–H groups in total. The first-order valence-electron chi connectivity index (χ1n) is 7.03. The molecule has 0 unspecified atom stereocenters. The Morgan fingerprint density at radius 3 is 2.81 bits per heavy atom. The number of hydrogen-bond acceptors (Lipinski definition) is 3. The summed E-state index contributed by atoms with van der Waals surface area (Å²) in [5.74, 6) is 0.793. The lowest BCUT2D eigenvalue weighted by atomic mass is 9.82.